The number of allylic oxidation sites excluding steroid dienone is 2. The van der Waals surface area contributed by atoms with Gasteiger partial charge < -0.3 is 18.8 Å². The first-order valence-electron chi connectivity index (χ1n) is 13.5. The molecule has 3 aliphatic rings. The van der Waals surface area contributed by atoms with Crippen molar-refractivity contribution in [2.75, 3.05) is 7.11 Å². The Labute approximate surface area is 227 Å². The number of methoxy groups -OCH3 is 1. The number of rotatable bonds is 7. The van der Waals surface area contributed by atoms with Gasteiger partial charge in [-0.3, -0.25) is 0 Å². The summed E-state index contributed by atoms with van der Waals surface area (Å²) >= 11 is 0. The fraction of sp³-hybridized carbons (Fsp3) is 0.364. The van der Waals surface area contributed by atoms with Crippen LogP contribution in [0.3, 0.4) is 0 Å². The molecule has 38 heavy (non-hydrogen) atoms. The average Bonchev–Trinajstić information content (AvgIpc) is 3.32. The monoisotopic (exact) mass is 526 g/mol. The van der Waals surface area contributed by atoms with Crippen molar-refractivity contribution < 1.29 is 18.8 Å². The molecular formula is C33H35O4P. The zero-order chi connectivity index (χ0) is 26.3. The van der Waals surface area contributed by atoms with Crippen molar-refractivity contribution in [3.63, 3.8) is 0 Å². The normalized spacial score (nSPS) is 27.8. The van der Waals surface area contributed by atoms with Gasteiger partial charge in [0.25, 0.3) is 0 Å². The van der Waals surface area contributed by atoms with Crippen molar-refractivity contribution in [2.45, 2.75) is 51.7 Å². The molecule has 1 fully saturated rings. The number of hydrogen-bond acceptors (Lipinski definition) is 4. The number of ether oxygens (including phenoxy) is 2. The van der Waals surface area contributed by atoms with E-state index in [-0.39, 0.29) is 17.4 Å². The molecule has 0 saturated heterocycles. The molecule has 0 bridgehead atoms. The van der Waals surface area contributed by atoms with E-state index in [0.717, 1.165) is 54.7 Å². The maximum absolute atomic E-state index is 13.3. The lowest BCUT2D eigenvalue weighted by Crippen LogP contribution is -2.49. The van der Waals surface area contributed by atoms with Crippen molar-refractivity contribution in [3.05, 3.63) is 95.1 Å². The average molecular weight is 527 g/mol. The largest absolute Gasteiger partial charge is 0.497 e. The fourth-order valence-electron chi connectivity index (χ4n) is 7.57. The zero-order valence-electron chi connectivity index (χ0n) is 22.1. The molecule has 3 aromatic rings. The van der Waals surface area contributed by atoms with E-state index in [2.05, 4.69) is 64.9 Å². The highest BCUT2D eigenvalue weighted by Gasteiger charge is 2.61. The number of fused-ring (bicyclic) bond motifs is 5. The third-order valence-electron chi connectivity index (χ3n) is 9.41. The van der Waals surface area contributed by atoms with Gasteiger partial charge in [0.2, 0.25) is 0 Å². The maximum atomic E-state index is 13.3. The van der Waals surface area contributed by atoms with Crippen LogP contribution in [0, 0.1) is 16.7 Å². The molecule has 0 N–H and O–H groups in total. The van der Waals surface area contributed by atoms with E-state index in [9.17, 15) is 4.79 Å². The van der Waals surface area contributed by atoms with Gasteiger partial charge in [0.1, 0.15) is 24.4 Å². The summed E-state index contributed by atoms with van der Waals surface area (Å²) in [5.41, 5.74) is 6.57. The molecule has 4 nitrogen and oxygen atoms in total. The number of aldehydes is 1. The van der Waals surface area contributed by atoms with Crippen molar-refractivity contribution in [1.82, 2.24) is 0 Å². The van der Waals surface area contributed by atoms with Crippen LogP contribution in [0.1, 0.15) is 54.9 Å². The maximum Gasteiger partial charge on any atom is 0.130 e. The minimum atomic E-state index is -0.523. The van der Waals surface area contributed by atoms with Crippen LogP contribution in [0.15, 0.2) is 72.8 Å². The predicted octanol–water partition coefficient (Wildman–Crippen LogP) is 7.31. The Morgan fingerprint density at radius 1 is 1.00 bits per heavy atom. The van der Waals surface area contributed by atoms with Gasteiger partial charge in [-0.25, -0.2) is 0 Å². The Morgan fingerprint density at radius 3 is 2.47 bits per heavy atom. The van der Waals surface area contributed by atoms with Crippen LogP contribution in [0.2, 0.25) is 0 Å². The first-order valence-corrected chi connectivity index (χ1v) is 14.0. The van der Waals surface area contributed by atoms with Gasteiger partial charge in [-0.15, -0.1) is 0 Å². The van der Waals surface area contributed by atoms with E-state index in [1.165, 1.54) is 28.6 Å². The van der Waals surface area contributed by atoms with Gasteiger partial charge >= 0.3 is 0 Å². The number of aryl methyl sites for hydroxylation is 1. The quantitative estimate of drug-likeness (QED) is 0.239. The second-order valence-electron chi connectivity index (χ2n) is 11.3. The van der Waals surface area contributed by atoms with Gasteiger partial charge in [-0.2, -0.15) is 0 Å². The second kappa shape index (κ2) is 9.98. The van der Waals surface area contributed by atoms with Gasteiger partial charge in [0, 0.05) is 14.9 Å². The van der Waals surface area contributed by atoms with Gasteiger partial charge in [0.05, 0.1) is 18.6 Å². The predicted molar refractivity (Wildman–Crippen MR) is 154 cm³/mol. The number of hydrogen-bond donors (Lipinski definition) is 0. The fourth-order valence-corrected chi connectivity index (χ4v) is 8.02. The molecule has 6 rings (SSSR count). The van der Waals surface area contributed by atoms with Gasteiger partial charge in [-0.05, 0) is 95.7 Å². The number of carbonyl (C=O) groups is 1. The Kier molecular flexibility index (Phi) is 6.66. The first-order chi connectivity index (χ1) is 18.5. The number of carbonyl (C=O) groups excluding carboxylic acids is 1. The summed E-state index contributed by atoms with van der Waals surface area (Å²) in [4.78, 5) is 13.3. The van der Waals surface area contributed by atoms with Crippen LogP contribution in [0.5, 0.6) is 11.5 Å². The molecule has 196 valence electrons. The Hall–Kier alpha value is -2.94. The molecule has 5 atom stereocenters. The summed E-state index contributed by atoms with van der Waals surface area (Å²) in [6.07, 6.45) is 5.92. The molecular weight excluding hydrogens is 491 g/mol. The molecule has 0 amide bonds. The van der Waals surface area contributed by atoms with E-state index in [0.29, 0.717) is 6.61 Å². The third kappa shape index (κ3) is 4.01. The molecule has 0 aromatic heterocycles. The SMILES string of the molecule is COc1ccc2c(c1)CC[C@]1(C=O)C2=C(c2ccc(OCc3ccccc3)cc2)C[C@]2(C)[C@@H](OP)CC[C@H]21. The lowest BCUT2D eigenvalue weighted by atomic mass is 9.49. The van der Waals surface area contributed by atoms with Crippen molar-refractivity contribution >= 4 is 26.9 Å². The van der Waals surface area contributed by atoms with E-state index in [1.807, 2.05) is 24.3 Å². The van der Waals surface area contributed by atoms with Crippen molar-refractivity contribution in [2.24, 2.45) is 16.7 Å². The molecule has 1 saturated carbocycles. The molecule has 3 aromatic carbocycles. The standard InChI is InChI=1S/C33H35O4P/c1-32-19-28(23-8-10-25(11-9-23)36-20-22-6-4-3-5-7-22)31-27-13-12-26(35-2)18-24(27)16-17-33(31,21-34)29(32)14-15-30(32)37-38/h3-13,18,21,29-30H,14-17,19-20,38H2,1-2H3/t29-,30+,32+,33-/m1/s1. The van der Waals surface area contributed by atoms with Crippen molar-refractivity contribution in [1.29, 1.82) is 0 Å². The minimum absolute atomic E-state index is 0.108. The highest BCUT2D eigenvalue weighted by molar-refractivity contribution is 7.09. The van der Waals surface area contributed by atoms with Crippen molar-refractivity contribution in [3.8, 4) is 11.5 Å². The Balaban J connectivity index is 1.46. The highest BCUT2D eigenvalue weighted by Crippen LogP contribution is 2.67. The summed E-state index contributed by atoms with van der Waals surface area (Å²) in [5.74, 6) is 1.95. The van der Waals surface area contributed by atoms with Crippen LogP contribution in [-0.4, -0.2) is 19.5 Å². The molecule has 3 aliphatic carbocycles. The summed E-state index contributed by atoms with van der Waals surface area (Å²) < 4.78 is 17.6. The van der Waals surface area contributed by atoms with Gasteiger partial charge in [-0.1, -0.05) is 55.5 Å². The Morgan fingerprint density at radius 2 is 1.76 bits per heavy atom. The molecule has 0 radical (unpaired) electrons. The molecule has 5 heteroatoms. The van der Waals surface area contributed by atoms with Gasteiger partial charge in [0.15, 0.2) is 0 Å². The molecule has 0 aliphatic heterocycles. The third-order valence-corrected chi connectivity index (χ3v) is 9.74. The van der Waals surface area contributed by atoms with Crippen LogP contribution >= 0.6 is 9.47 Å². The topological polar surface area (TPSA) is 44.8 Å². The lowest BCUT2D eigenvalue weighted by molar-refractivity contribution is -0.119. The van der Waals surface area contributed by atoms with E-state index in [4.69, 9.17) is 14.0 Å². The summed E-state index contributed by atoms with van der Waals surface area (Å²) in [5, 5.41) is 0. The Bertz CT molecular complexity index is 1370. The van der Waals surface area contributed by atoms with E-state index < -0.39 is 5.41 Å². The van der Waals surface area contributed by atoms with Crippen LogP contribution in [-0.2, 0) is 22.3 Å². The molecule has 0 spiro atoms. The second-order valence-corrected chi connectivity index (χ2v) is 11.5. The summed E-state index contributed by atoms with van der Waals surface area (Å²) in [6, 6.07) is 25.0. The van der Waals surface area contributed by atoms with Crippen LogP contribution in [0.25, 0.3) is 11.1 Å². The molecule has 0 heterocycles. The lowest BCUT2D eigenvalue weighted by Gasteiger charge is -2.53. The first kappa shape index (κ1) is 25.3. The highest BCUT2D eigenvalue weighted by atomic mass is 31.0. The summed E-state index contributed by atoms with van der Waals surface area (Å²) in [6.45, 7) is 2.87. The molecule has 1 unspecified atom stereocenters. The number of benzene rings is 3. The smallest absolute Gasteiger partial charge is 0.130 e. The van der Waals surface area contributed by atoms with E-state index >= 15 is 0 Å². The van der Waals surface area contributed by atoms with Crippen LogP contribution < -0.4 is 9.47 Å². The van der Waals surface area contributed by atoms with Crippen LogP contribution in [0.4, 0.5) is 0 Å². The summed E-state index contributed by atoms with van der Waals surface area (Å²) in [7, 11) is 4.20. The zero-order valence-corrected chi connectivity index (χ0v) is 23.3. The van der Waals surface area contributed by atoms with E-state index in [1.54, 1.807) is 7.11 Å². The minimum Gasteiger partial charge on any atom is -0.497 e.